The van der Waals surface area contributed by atoms with Gasteiger partial charge in [0.25, 0.3) is 10.0 Å². The second kappa shape index (κ2) is 6.00. The van der Waals surface area contributed by atoms with E-state index in [1.54, 1.807) is 0 Å². The summed E-state index contributed by atoms with van der Waals surface area (Å²) in [4.78, 5) is 13.3. The molecule has 3 aromatic heterocycles. The molecule has 8 nitrogen and oxygen atoms in total. The van der Waals surface area contributed by atoms with Crippen LogP contribution in [-0.4, -0.2) is 63.2 Å². The number of piperazine rings is 1. The van der Waals surface area contributed by atoms with Crippen LogP contribution in [-0.2, 0) is 16.6 Å². The third-order valence-electron chi connectivity index (χ3n) is 4.22. The standard InChI is InChI=1S/C15H18N6O2S/c22-24(23,15-9-16-12-17-15)21-7-5-19(6-8-21)10-13-11-20-4-2-1-3-14(20)18-13/h1-4,9,11-12H,5-8,10H2,(H,16,17). The molecule has 0 unspecified atom stereocenters. The number of rotatable bonds is 4. The Balaban J connectivity index is 1.41. The zero-order chi connectivity index (χ0) is 16.6. The van der Waals surface area contributed by atoms with Gasteiger partial charge in [0.1, 0.15) is 5.65 Å². The first-order valence-corrected chi connectivity index (χ1v) is 9.20. The predicted octanol–water partition coefficient (Wildman–Crippen LogP) is 0.564. The van der Waals surface area contributed by atoms with Crippen LogP contribution in [0.2, 0.25) is 0 Å². The van der Waals surface area contributed by atoms with Crippen molar-refractivity contribution >= 4 is 15.7 Å². The van der Waals surface area contributed by atoms with Crippen molar-refractivity contribution in [1.29, 1.82) is 0 Å². The van der Waals surface area contributed by atoms with Crippen LogP contribution in [0.1, 0.15) is 5.69 Å². The maximum absolute atomic E-state index is 12.5. The number of H-pyrrole nitrogens is 1. The first-order valence-electron chi connectivity index (χ1n) is 7.76. The molecule has 0 spiro atoms. The third kappa shape index (κ3) is 2.81. The molecule has 4 rings (SSSR count). The molecule has 24 heavy (non-hydrogen) atoms. The van der Waals surface area contributed by atoms with Crippen molar-refractivity contribution in [1.82, 2.24) is 28.6 Å². The average molecular weight is 346 g/mol. The van der Waals surface area contributed by atoms with E-state index in [1.807, 2.05) is 35.0 Å². The number of hydrogen-bond acceptors (Lipinski definition) is 5. The molecule has 0 atom stereocenters. The minimum Gasteiger partial charge on any atom is -0.335 e. The van der Waals surface area contributed by atoms with Crippen molar-refractivity contribution in [3.8, 4) is 0 Å². The molecule has 0 amide bonds. The molecule has 0 aromatic carbocycles. The largest absolute Gasteiger partial charge is 0.335 e. The van der Waals surface area contributed by atoms with E-state index in [0.717, 1.165) is 17.9 Å². The maximum Gasteiger partial charge on any atom is 0.260 e. The van der Waals surface area contributed by atoms with Gasteiger partial charge in [0.05, 0.1) is 18.2 Å². The normalized spacial score (nSPS) is 17.5. The molecule has 1 N–H and O–H groups in total. The highest BCUT2D eigenvalue weighted by atomic mass is 32.2. The molecular weight excluding hydrogens is 328 g/mol. The predicted molar refractivity (Wildman–Crippen MR) is 87.8 cm³/mol. The fourth-order valence-electron chi connectivity index (χ4n) is 2.94. The number of sulfonamides is 1. The van der Waals surface area contributed by atoms with Crippen LogP contribution in [0.3, 0.4) is 0 Å². The summed E-state index contributed by atoms with van der Waals surface area (Å²) in [6, 6.07) is 5.90. The van der Waals surface area contributed by atoms with Gasteiger partial charge in [-0.2, -0.15) is 4.31 Å². The lowest BCUT2D eigenvalue weighted by atomic mass is 10.3. The van der Waals surface area contributed by atoms with Crippen LogP contribution in [0.4, 0.5) is 0 Å². The first kappa shape index (κ1) is 15.3. The van der Waals surface area contributed by atoms with Crippen molar-refractivity contribution in [2.75, 3.05) is 26.2 Å². The third-order valence-corrected chi connectivity index (χ3v) is 6.05. The first-order chi connectivity index (χ1) is 11.6. The van der Waals surface area contributed by atoms with E-state index in [4.69, 9.17) is 0 Å². The van der Waals surface area contributed by atoms with Crippen molar-refractivity contribution in [3.63, 3.8) is 0 Å². The summed E-state index contributed by atoms with van der Waals surface area (Å²) < 4.78 is 28.4. The van der Waals surface area contributed by atoms with Crippen molar-refractivity contribution in [2.45, 2.75) is 11.6 Å². The number of hydrogen-bond donors (Lipinski definition) is 1. The highest BCUT2D eigenvalue weighted by molar-refractivity contribution is 7.89. The lowest BCUT2D eigenvalue weighted by molar-refractivity contribution is 0.180. The summed E-state index contributed by atoms with van der Waals surface area (Å²) in [5.74, 6) is 0. The smallest absolute Gasteiger partial charge is 0.260 e. The number of fused-ring (bicyclic) bond motifs is 1. The minimum atomic E-state index is -3.47. The Hall–Kier alpha value is -2.23. The van der Waals surface area contributed by atoms with Crippen molar-refractivity contribution in [2.24, 2.45) is 0 Å². The van der Waals surface area contributed by atoms with Crippen LogP contribution in [0.5, 0.6) is 0 Å². The second-order valence-corrected chi connectivity index (χ2v) is 7.70. The van der Waals surface area contributed by atoms with Gasteiger partial charge in [-0.1, -0.05) is 6.07 Å². The molecule has 0 saturated carbocycles. The molecule has 4 heterocycles. The highest BCUT2D eigenvalue weighted by Crippen LogP contribution is 2.16. The molecule has 9 heteroatoms. The molecule has 1 fully saturated rings. The van der Waals surface area contributed by atoms with Crippen LogP contribution in [0.15, 0.2) is 48.1 Å². The summed E-state index contributed by atoms with van der Waals surface area (Å²) in [7, 11) is -3.47. The Labute approximate surface area is 139 Å². The molecule has 0 bridgehead atoms. The number of nitrogens with one attached hydrogen (secondary N) is 1. The van der Waals surface area contributed by atoms with Crippen LogP contribution in [0, 0.1) is 0 Å². The fourth-order valence-corrected chi connectivity index (χ4v) is 4.26. The van der Waals surface area contributed by atoms with Gasteiger partial charge < -0.3 is 9.38 Å². The Morgan fingerprint density at radius 3 is 2.71 bits per heavy atom. The summed E-state index contributed by atoms with van der Waals surface area (Å²) in [6.07, 6.45) is 6.72. The SMILES string of the molecule is O=S(=O)(c1cnc[nH]1)N1CCN(Cc2cn3ccccc3n2)CC1. The van der Waals surface area contributed by atoms with Gasteiger partial charge in [-0.25, -0.2) is 18.4 Å². The summed E-state index contributed by atoms with van der Waals surface area (Å²) in [6.45, 7) is 3.02. The van der Waals surface area contributed by atoms with E-state index in [0.29, 0.717) is 26.2 Å². The number of pyridine rings is 1. The molecule has 0 radical (unpaired) electrons. The maximum atomic E-state index is 12.5. The summed E-state index contributed by atoms with van der Waals surface area (Å²) in [5, 5.41) is 0.149. The number of imidazole rings is 2. The topological polar surface area (TPSA) is 86.6 Å². The van der Waals surface area contributed by atoms with Crippen LogP contribution < -0.4 is 0 Å². The molecule has 3 aromatic rings. The summed E-state index contributed by atoms with van der Waals surface area (Å²) in [5.41, 5.74) is 1.92. The lowest BCUT2D eigenvalue weighted by Crippen LogP contribution is -2.48. The van der Waals surface area contributed by atoms with E-state index in [1.165, 1.54) is 16.8 Å². The van der Waals surface area contributed by atoms with Crippen LogP contribution in [0.25, 0.3) is 5.65 Å². The van der Waals surface area contributed by atoms with Crippen LogP contribution >= 0.6 is 0 Å². The van der Waals surface area contributed by atoms with Gasteiger partial charge in [0, 0.05) is 45.1 Å². The number of aromatic nitrogens is 4. The zero-order valence-electron chi connectivity index (χ0n) is 13.0. The van der Waals surface area contributed by atoms with E-state index in [2.05, 4.69) is 19.9 Å². The van der Waals surface area contributed by atoms with Gasteiger partial charge in [0.2, 0.25) is 0 Å². The second-order valence-electron chi connectivity index (χ2n) is 5.79. The Morgan fingerprint density at radius 2 is 2.00 bits per heavy atom. The Bertz CT molecular complexity index is 893. The zero-order valence-corrected chi connectivity index (χ0v) is 13.9. The van der Waals surface area contributed by atoms with E-state index in [-0.39, 0.29) is 5.03 Å². The number of nitrogens with zero attached hydrogens (tertiary/aromatic N) is 5. The lowest BCUT2D eigenvalue weighted by Gasteiger charge is -2.33. The molecule has 126 valence electrons. The van der Waals surface area contributed by atoms with E-state index >= 15 is 0 Å². The molecule has 1 saturated heterocycles. The minimum absolute atomic E-state index is 0.149. The molecule has 0 aliphatic carbocycles. The van der Waals surface area contributed by atoms with Gasteiger partial charge in [-0.3, -0.25) is 4.90 Å². The molecule has 1 aliphatic heterocycles. The Kier molecular flexibility index (Phi) is 3.83. The van der Waals surface area contributed by atoms with Gasteiger partial charge in [0.15, 0.2) is 5.03 Å². The average Bonchev–Trinajstić information content (AvgIpc) is 3.25. The Morgan fingerprint density at radius 1 is 1.17 bits per heavy atom. The van der Waals surface area contributed by atoms with Crippen molar-refractivity contribution in [3.05, 3.63) is 48.8 Å². The summed E-state index contributed by atoms with van der Waals surface area (Å²) >= 11 is 0. The highest BCUT2D eigenvalue weighted by Gasteiger charge is 2.29. The number of aromatic amines is 1. The molecular formula is C15H18N6O2S. The van der Waals surface area contributed by atoms with Gasteiger partial charge in [-0.05, 0) is 12.1 Å². The van der Waals surface area contributed by atoms with Crippen molar-refractivity contribution < 1.29 is 8.42 Å². The quantitative estimate of drug-likeness (QED) is 0.746. The van der Waals surface area contributed by atoms with Gasteiger partial charge >= 0.3 is 0 Å². The fraction of sp³-hybridized carbons (Fsp3) is 0.333. The monoisotopic (exact) mass is 346 g/mol. The van der Waals surface area contributed by atoms with E-state index < -0.39 is 10.0 Å². The van der Waals surface area contributed by atoms with E-state index in [9.17, 15) is 8.42 Å². The van der Waals surface area contributed by atoms with Gasteiger partial charge in [-0.15, -0.1) is 0 Å². The molecule has 1 aliphatic rings.